The normalized spacial score (nSPS) is 17.0. The van der Waals surface area contributed by atoms with Gasteiger partial charge in [-0.05, 0) is 18.5 Å². The van der Waals surface area contributed by atoms with Gasteiger partial charge in [-0.3, -0.25) is 4.57 Å². The number of aliphatic hydroxyl groups excluding tert-OH is 1. The zero-order valence-electron chi connectivity index (χ0n) is 8.41. The highest BCUT2D eigenvalue weighted by Crippen LogP contribution is 2.49. The fourth-order valence-corrected chi connectivity index (χ4v) is 2.80. The number of rotatable bonds is 5. The summed E-state index contributed by atoms with van der Waals surface area (Å²) in [7, 11) is -3.55. The van der Waals surface area contributed by atoms with Crippen LogP contribution in [0.3, 0.4) is 0 Å². The molecule has 0 bridgehead atoms. The molecule has 5 heteroatoms. The maximum absolute atomic E-state index is 11.7. The zero-order valence-corrected chi connectivity index (χ0v) is 9.31. The lowest BCUT2D eigenvalue weighted by Crippen LogP contribution is -2.14. The molecule has 4 nitrogen and oxygen atoms in total. The molecule has 1 aromatic carbocycles. The Bertz CT molecular complexity index is 342. The van der Waals surface area contributed by atoms with Gasteiger partial charge in [-0.1, -0.05) is 30.3 Å². The van der Waals surface area contributed by atoms with Crippen molar-refractivity contribution in [3.8, 4) is 0 Å². The quantitative estimate of drug-likeness (QED) is 0.661. The molecule has 0 amide bonds. The van der Waals surface area contributed by atoms with E-state index in [0.29, 0.717) is 0 Å². The van der Waals surface area contributed by atoms with Crippen molar-refractivity contribution in [2.45, 2.75) is 18.4 Å². The van der Waals surface area contributed by atoms with Gasteiger partial charge in [0, 0.05) is 0 Å². The lowest BCUT2D eigenvalue weighted by Gasteiger charge is -2.17. The minimum absolute atomic E-state index is 0.00495. The predicted molar refractivity (Wildman–Crippen MR) is 59.6 cm³/mol. The summed E-state index contributed by atoms with van der Waals surface area (Å²) in [5.41, 5.74) is 5.98. The van der Waals surface area contributed by atoms with Gasteiger partial charge in [0.25, 0.3) is 0 Å². The first-order valence-electron chi connectivity index (χ1n) is 4.80. The lowest BCUT2D eigenvalue weighted by atomic mass is 10.2. The Labute approximate surface area is 89.2 Å². The molecule has 15 heavy (non-hydrogen) atoms. The molecule has 1 rings (SSSR count). The molecule has 0 saturated heterocycles. The van der Waals surface area contributed by atoms with Crippen LogP contribution in [0.5, 0.6) is 0 Å². The third-order valence-electron chi connectivity index (χ3n) is 2.14. The summed E-state index contributed by atoms with van der Waals surface area (Å²) < 4.78 is 11.7. The minimum atomic E-state index is -3.55. The molecule has 1 aromatic rings. The fourth-order valence-electron chi connectivity index (χ4n) is 1.30. The molecule has 0 aliphatic heterocycles. The van der Waals surface area contributed by atoms with E-state index in [4.69, 9.17) is 5.73 Å². The second-order valence-corrected chi connectivity index (χ2v) is 5.88. The van der Waals surface area contributed by atoms with Crippen LogP contribution in [0.2, 0.25) is 0 Å². The van der Waals surface area contributed by atoms with Crippen LogP contribution in [-0.4, -0.2) is 22.4 Å². The van der Waals surface area contributed by atoms with Gasteiger partial charge < -0.3 is 15.7 Å². The monoisotopic (exact) mass is 229 g/mol. The molecule has 0 aliphatic rings. The molecule has 0 fully saturated rings. The van der Waals surface area contributed by atoms with Gasteiger partial charge in [-0.15, -0.1) is 0 Å². The first-order valence-corrected chi connectivity index (χ1v) is 6.71. The molecule has 0 radical (unpaired) electrons. The van der Waals surface area contributed by atoms with E-state index in [1.165, 1.54) is 0 Å². The number of nitrogens with two attached hydrogens (primary N) is 1. The molecule has 0 heterocycles. The van der Waals surface area contributed by atoms with Gasteiger partial charge >= 0.3 is 0 Å². The second-order valence-electron chi connectivity index (χ2n) is 3.46. The van der Waals surface area contributed by atoms with Crippen LogP contribution in [0.1, 0.15) is 12.0 Å². The number of aliphatic hydroxyl groups is 1. The Kier molecular flexibility index (Phi) is 4.48. The van der Waals surface area contributed by atoms with Crippen molar-refractivity contribution in [3.05, 3.63) is 35.9 Å². The van der Waals surface area contributed by atoms with Gasteiger partial charge in [-0.2, -0.15) is 0 Å². The highest BCUT2D eigenvalue weighted by atomic mass is 31.2. The Morgan fingerprint density at radius 3 is 2.47 bits per heavy atom. The molecule has 2 atom stereocenters. The molecule has 0 aromatic heterocycles. The minimum Gasteiger partial charge on any atom is -0.383 e. The van der Waals surface area contributed by atoms with Gasteiger partial charge in [-0.25, -0.2) is 0 Å². The second kappa shape index (κ2) is 5.42. The van der Waals surface area contributed by atoms with E-state index in [1.807, 2.05) is 6.07 Å². The van der Waals surface area contributed by atoms with Gasteiger partial charge in [0.2, 0.25) is 7.37 Å². The first-order chi connectivity index (χ1) is 7.06. The van der Waals surface area contributed by atoms with Crippen molar-refractivity contribution in [3.63, 3.8) is 0 Å². The number of hydrogen-bond acceptors (Lipinski definition) is 3. The van der Waals surface area contributed by atoms with Crippen molar-refractivity contribution in [1.82, 2.24) is 0 Å². The average molecular weight is 229 g/mol. The molecular formula is C10H16NO3P. The summed E-state index contributed by atoms with van der Waals surface area (Å²) in [6.07, 6.45) is 0.148. The number of benzene rings is 1. The lowest BCUT2D eigenvalue weighted by molar-refractivity contribution is 0.222. The summed E-state index contributed by atoms with van der Waals surface area (Å²) in [4.78, 5) is 9.62. The highest BCUT2D eigenvalue weighted by molar-refractivity contribution is 7.57. The first kappa shape index (κ1) is 12.4. The van der Waals surface area contributed by atoms with Gasteiger partial charge in [0.15, 0.2) is 0 Å². The highest BCUT2D eigenvalue weighted by Gasteiger charge is 2.28. The van der Waals surface area contributed by atoms with E-state index in [0.717, 1.165) is 5.56 Å². The molecule has 0 saturated carbocycles. The fraction of sp³-hybridized carbons (Fsp3) is 0.400. The maximum Gasteiger partial charge on any atom is 0.232 e. The van der Waals surface area contributed by atoms with Crippen molar-refractivity contribution in [2.75, 3.05) is 6.54 Å². The van der Waals surface area contributed by atoms with Crippen molar-refractivity contribution < 1.29 is 14.6 Å². The Hall–Kier alpha value is -0.670. The van der Waals surface area contributed by atoms with Crippen LogP contribution in [0.15, 0.2) is 30.3 Å². The molecule has 84 valence electrons. The topological polar surface area (TPSA) is 83.5 Å². The van der Waals surface area contributed by atoms with E-state index < -0.39 is 13.2 Å². The van der Waals surface area contributed by atoms with Crippen LogP contribution < -0.4 is 5.73 Å². The molecule has 1 unspecified atom stereocenters. The van der Waals surface area contributed by atoms with Crippen LogP contribution in [0, 0.1) is 0 Å². The van der Waals surface area contributed by atoms with Gasteiger partial charge in [0.1, 0.15) is 5.85 Å². The van der Waals surface area contributed by atoms with Crippen molar-refractivity contribution in [2.24, 2.45) is 5.73 Å². The maximum atomic E-state index is 11.7. The van der Waals surface area contributed by atoms with Crippen LogP contribution in [0.25, 0.3) is 0 Å². The van der Waals surface area contributed by atoms with E-state index in [9.17, 15) is 14.6 Å². The van der Waals surface area contributed by atoms with E-state index >= 15 is 0 Å². The summed E-state index contributed by atoms with van der Waals surface area (Å²) in [6.45, 7) is 0.209. The third kappa shape index (κ3) is 3.76. The van der Waals surface area contributed by atoms with Crippen LogP contribution in [-0.2, 0) is 10.7 Å². The smallest absolute Gasteiger partial charge is 0.232 e. The summed E-state index contributed by atoms with van der Waals surface area (Å²) in [5, 5.41) is 9.45. The Morgan fingerprint density at radius 2 is 1.93 bits per heavy atom. The number of hydrogen-bond donors (Lipinski definition) is 3. The summed E-state index contributed by atoms with van der Waals surface area (Å²) >= 11 is 0. The van der Waals surface area contributed by atoms with Crippen LogP contribution >= 0.6 is 7.37 Å². The van der Waals surface area contributed by atoms with Gasteiger partial charge in [0.05, 0.1) is 6.16 Å². The SMILES string of the molecule is NCC[C@@H](O)P(=O)(O)Cc1ccccc1. The van der Waals surface area contributed by atoms with Crippen molar-refractivity contribution >= 4 is 7.37 Å². The van der Waals surface area contributed by atoms with Crippen molar-refractivity contribution in [1.29, 1.82) is 0 Å². The van der Waals surface area contributed by atoms with E-state index in [2.05, 4.69) is 0 Å². The standard InChI is InChI=1S/C10H16NO3P/c11-7-6-10(12)15(13,14)8-9-4-2-1-3-5-9/h1-5,10,12H,6-8,11H2,(H,13,14)/t10-/m0/s1. The Balaban J connectivity index is 2.68. The predicted octanol–water partition coefficient (Wildman–Crippen LogP) is 1.12. The average Bonchev–Trinajstić information content (AvgIpc) is 2.19. The third-order valence-corrected chi connectivity index (χ3v) is 4.15. The molecular weight excluding hydrogens is 213 g/mol. The Morgan fingerprint density at radius 1 is 1.33 bits per heavy atom. The van der Waals surface area contributed by atoms with Crippen LogP contribution in [0.4, 0.5) is 0 Å². The molecule has 0 aliphatic carbocycles. The van der Waals surface area contributed by atoms with E-state index in [-0.39, 0.29) is 19.1 Å². The zero-order chi connectivity index (χ0) is 11.3. The van der Waals surface area contributed by atoms with E-state index in [1.54, 1.807) is 24.3 Å². The summed E-state index contributed by atoms with van der Waals surface area (Å²) in [6, 6.07) is 8.95. The molecule has 0 spiro atoms. The molecule has 4 N–H and O–H groups in total. The summed E-state index contributed by atoms with van der Waals surface area (Å²) in [5.74, 6) is -1.22. The largest absolute Gasteiger partial charge is 0.383 e.